The molecule has 148 valence electrons. The first-order valence-corrected chi connectivity index (χ1v) is 10.9. The zero-order valence-corrected chi connectivity index (χ0v) is 18.3. The first-order chi connectivity index (χ1) is 15.3. The number of nitrogens with zero attached hydrogens (tertiary/aromatic N) is 2. The maximum Gasteiger partial charge on any atom is 0.0710 e. The van der Waals surface area contributed by atoms with Crippen LogP contribution in [-0.4, -0.2) is 9.97 Å². The Kier molecular flexibility index (Phi) is 5.42. The molecule has 2 heterocycles. The van der Waals surface area contributed by atoms with Gasteiger partial charge in [0.1, 0.15) is 0 Å². The van der Waals surface area contributed by atoms with Gasteiger partial charge in [-0.2, -0.15) is 0 Å². The van der Waals surface area contributed by atoms with Gasteiger partial charge in [-0.15, -0.1) is 0 Å². The molecule has 0 saturated heterocycles. The molecule has 2 aromatic heterocycles. The van der Waals surface area contributed by atoms with Crippen molar-refractivity contribution in [2.45, 2.75) is 0 Å². The topological polar surface area (TPSA) is 25.8 Å². The maximum absolute atomic E-state index is 4.91. The summed E-state index contributed by atoms with van der Waals surface area (Å²) in [4.78, 5) is 9.83. The Hall–Kier alpha value is -3.56. The highest BCUT2D eigenvalue weighted by molar-refractivity contribution is 9.10. The zero-order valence-electron chi connectivity index (χ0n) is 16.7. The monoisotopic (exact) mass is 462 g/mol. The second-order valence-corrected chi connectivity index (χ2v) is 8.19. The lowest BCUT2D eigenvalue weighted by atomic mass is 10.0. The van der Waals surface area contributed by atoms with Crippen LogP contribution in [0.15, 0.2) is 120 Å². The fourth-order valence-corrected chi connectivity index (χ4v) is 4.11. The van der Waals surface area contributed by atoms with Crippen molar-refractivity contribution in [1.29, 1.82) is 0 Å². The highest BCUT2D eigenvalue weighted by Gasteiger charge is 2.09. The van der Waals surface area contributed by atoms with E-state index in [0.29, 0.717) is 0 Å². The molecule has 0 aliphatic carbocycles. The Morgan fingerprint density at radius 3 is 1.19 bits per heavy atom. The standard InChI is InChI=1S/C28H19BrN2/c29-24-18-22(27-15-7-13-25(30-27)20-9-3-1-4-10-20)17-23(19-24)28-16-8-14-26(31-28)21-11-5-2-6-12-21/h1-19H. The third-order valence-corrected chi connectivity index (χ3v) is 5.58. The highest BCUT2D eigenvalue weighted by atomic mass is 79.9. The number of pyridine rings is 2. The van der Waals surface area contributed by atoms with E-state index in [1.807, 2.05) is 60.7 Å². The Bertz CT molecular complexity index is 1230. The summed E-state index contributed by atoms with van der Waals surface area (Å²) >= 11 is 3.68. The van der Waals surface area contributed by atoms with Crippen LogP contribution in [0.2, 0.25) is 0 Å². The molecule has 0 N–H and O–H groups in total. The molecule has 0 amide bonds. The van der Waals surface area contributed by atoms with Crippen LogP contribution in [0.5, 0.6) is 0 Å². The molecule has 0 saturated carbocycles. The van der Waals surface area contributed by atoms with E-state index in [2.05, 4.69) is 70.5 Å². The van der Waals surface area contributed by atoms with Gasteiger partial charge in [0, 0.05) is 26.7 Å². The number of hydrogen-bond acceptors (Lipinski definition) is 2. The number of aromatic nitrogens is 2. The summed E-state index contributed by atoms with van der Waals surface area (Å²) in [6, 6.07) is 39.1. The van der Waals surface area contributed by atoms with Gasteiger partial charge in [-0.3, -0.25) is 0 Å². The van der Waals surface area contributed by atoms with Crippen LogP contribution in [0.3, 0.4) is 0 Å². The molecule has 5 rings (SSSR count). The largest absolute Gasteiger partial charge is 0.248 e. The van der Waals surface area contributed by atoms with E-state index in [1.165, 1.54) is 0 Å². The molecule has 3 aromatic carbocycles. The van der Waals surface area contributed by atoms with Crippen molar-refractivity contribution >= 4 is 15.9 Å². The number of halogens is 1. The Morgan fingerprint density at radius 1 is 0.387 bits per heavy atom. The smallest absolute Gasteiger partial charge is 0.0710 e. The minimum atomic E-state index is 0.933. The Balaban J connectivity index is 1.56. The van der Waals surface area contributed by atoms with Crippen LogP contribution in [0.4, 0.5) is 0 Å². The molecule has 0 spiro atoms. The second kappa shape index (κ2) is 8.66. The van der Waals surface area contributed by atoms with Crippen LogP contribution < -0.4 is 0 Å². The van der Waals surface area contributed by atoms with E-state index >= 15 is 0 Å². The summed E-state index contributed by atoms with van der Waals surface area (Å²) in [6.45, 7) is 0. The Labute approximate surface area is 190 Å². The van der Waals surface area contributed by atoms with Gasteiger partial charge in [-0.1, -0.05) is 88.7 Å². The quantitative estimate of drug-likeness (QED) is 0.271. The molecule has 3 heteroatoms. The van der Waals surface area contributed by atoms with Crippen LogP contribution in [0.1, 0.15) is 0 Å². The Morgan fingerprint density at radius 2 is 0.774 bits per heavy atom. The van der Waals surface area contributed by atoms with E-state index in [0.717, 1.165) is 49.5 Å². The van der Waals surface area contributed by atoms with E-state index in [-0.39, 0.29) is 0 Å². The van der Waals surface area contributed by atoms with Crippen molar-refractivity contribution in [3.8, 4) is 45.0 Å². The average Bonchev–Trinajstić information content (AvgIpc) is 2.85. The van der Waals surface area contributed by atoms with Crippen LogP contribution in [0.25, 0.3) is 45.0 Å². The molecule has 0 aliphatic heterocycles. The lowest BCUT2D eigenvalue weighted by Gasteiger charge is -2.10. The van der Waals surface area contributed by atoms with Gasteiger partial charge < -0.3 is 0 Å². The predicted octanol–water partition coefficient (Wildman–Crippen LogP) is 7.91. The molecule has 0 aliphatic rings. The molecule has 2 nitrogen and oxygen atoms in total. The van der Waals surface area contributed by atoms with Crippen molar-refractivity contribution in [2.75, 3.05) is 0 Å². The summed E-state index contributed by atoms with van der Waals surface area (Å²) in [5.41, 5.74) is 8.11. The van der Waals surface area contributed by atoms with Crippen molar-refractivity contribution in [2.24, 2.45) is 0 Å². The fraction of sp³-hybridized carbons (Fsp3) is 0. The summed E-state index contributed by atoms with van der Waals surface area (Å²) in [6.07, 6.45) is 0. The number of hydrogen-bond donors (Lipinski definition) is 0. The molecule has 0 unspecified atom stereocenters. The minimum absolute atomic E-state index is 0.933. The molecule has 0 bridgehead atoms. The number of rotatable bonds is 4. The van der Waals surface area contributed by atoms with Gasteiger partial charge in [-0.25, -0.2) is 9.97 Å². The molecule has 5 aromatic rings. The SMILES string of the molecule is Brc1cc(-c2cccc(-c3ccccc3)n2)cc(-c2cccc(-c3ccccc3)n2)c1. The van der Waals surface area contributed by atoms with E-state index in [9.17, 15) is 0 Å². The predicted molar refractivity (Wildman–Crippen MR) is 131 cm³/mol. The van der Waals surface area contributed by atoms with Gasteiger partial charge in [0.15, 0.2) is 0 Å². The van der Waals surface area contributed by atoms with Crippen LogP contribution in [0, 0.1) is 0 Å². The first kappa shape index (κ1) is 19.4. The minimum Gasteiger partial charge on any atom is -0.248 e. The summed E-state index contributed by atoms with van der Waals surface area (Å²) < 4.78 is 0.999. The maximum atomic E-state index is 4.91. The summed E-state index contributed by atoms with van der Waals surface area (Å²) in [5, 5.41) is 0. The highest BCUT2D eigenvalue weighted by Crippen LogP contribution is 2.31. The molecule has 0 fully saturated rings. The lowest BCUT2D eigenvalue weighted by Crippen LogP contribution is -1.91. The molecular formula is C28H19BrN2. The third kappa shape index (κ3) is 4.32. The summed E-state index contributed by atoms with van der Waals surface area (Å²) in [5.74, 6) is 0. The van der Waals surface area contributed by atoms with Crippen molar-refractivity contribution in [1.82, 2.24) is 9.97 Å². The first-order valence-electron chi connectivity index (χ1n) is 10.1. The third-order valence-electron chi connectivity index (χ3n) is 5.13. The number of benzene rings is 3. The van der Waals surface area contributed by atoms with E-state index in [4.69, 9.17) is 9.97 Å². The summed E-state index contributed by atoms with van der Waals surface area (Å²) in [7, 11) is 0. The van der Waals surface area contributed by atoms with Crippen molar-refractivity contribution < 1.29 is 0 Å². The lowest BCUT2D eigenvalue weighted by molar-refractivity contribution is 1.30. The molecule has 31 heavy (non-hydrogen) atoms. The van der Waals surface area contributed by atoms with Crippen LogP contribution >= 0.6 is 15.9 Å². The average molecular weight is 463 g/mol. The van der Waals surface area contributed by atoms with Crippen molar-refractivity contribution in [3.63, 3.8) is 0 Å². The van der Waals surface area contributed by atoms with Gasteiger partial charge in [0.05, 0.1) is 22.8 Å². The van der Waals surface area contributed by atoms with E-state index in [1.54, 1.807) is 0 Å². The van der Waals surface area contributed by atoms with Crippen molar-refractivity contribution in [3.05, 3.63) is 120 Å². The molecular weight excluding hydrogens is 444 g/mol. The van der Waals surface area contributed by atoms with Gasteiger partial charge >= 0.3 is 0 Å². The van der Waals surface area contributed by atoms with Gasteiger partial charge in [0.25, 0.3) is 0 Å². The molecule has 0 atom stereocenters. The fourth-order valence-electron chi connectivity index (χ4n) is 3.62. The second-order valence-electron chi connectivity index (χ2n) is 7.28. The van der Waals surface area contributed by atoms with E-state index < -0.39 is 0 Å². The zero-order chi connectivity index (χ0) is 21.0. The molecule has 0 radical (unpaired) electrons. The van der Waals surface area contributed by atoms with Gasteiger partial charge in [-0.05, 0) is 42.5 Å². The normalized spacial score (nSPS) is 10.7. The van der Waals surface area contributed by atoms with Crippen LogP contribution in [-0.2, 0) is 0 Å². The van der Waals surface area contributed by atoms with Gasteiger partial charge in [0.2, 0.25) is 0 Å².